The minimum Gasteiger partial charge on any atom is -0.493 e. The largest absolute Gasteiger partial charge is 0.493 e. The highest BCUT2D eigenvalue weighted by atomic mass is 32.2. The van der Waals surface area contributed by atoms with E-state index in [1.807, 2.05) is 66.9 Å². The molecular weight excluding hydrogens is 448 g/mol. The molecule has 0 bridgehead atoms. The van der Waals surface area contributed by atoms with Gasteiger partial charge >= 0.3 is 0 Å². The van der Waals surface area contributed by atoms with E-state index in [-0.39, 0.29) is 0 Å². The third kappa shape index (κ3) is 5.05. The maximum absolute atomic E-state index is 9.98. The van der Waals surface area contributed by atoms with Crippen LogP contribution >= 0.6 is 11.8 Å². The predicted octanol–water partition coefficient (Wildman–Crippen LogP) is 6.29. The zero-order chi connectivity index (χ0) is 23.9. The molecule has 0 unspecified atom stereocenters. The molecule has 7 nitrogen and oxygen atoms in total. The minimum absolute atomic E-state index is 0.328. The number of nitriles is 1. The summed E-state index contributed by atoms with van der Waals surface area (Å²) < 4.78 is 16.6. The Morgan fingerprint density at radius 2 is 1.56 bits per heavy atom. The first-order chi connectivity index (χ1) is 16.6. The molecule has 1 N–H and O–H groups in total. The molecule has 8 heteroatoms. The summed E-state index contributed by atoms with van der Waals surface area (Å²) in [7, 11) is 3.14. The number of thioether (sulfide) groups is 1. The highest BCUT2D eigenvalue weighted by Crippen LogP contribution is 2.35. The third-order valence-electron chi connectivity index (χ3n) is 4.94. The van der Waals surface area contributed by atoms with Crippen LogP contribution < -0.4 is 19.5 Å². The van der Waals surface area contributed by atoms with Crippen molar-refractivity contribution < 1.29 is 14.2 Å². The van der Waals surface area contributed by atoms with Gasteiger partial charge in [0, 0.05) is 11.3 Å². The Balaban J connectivity index is 1.67. The summed E-state index contributed by atoms with van der Waals surface area (Å²) in [5.41, 5.74) is 2.33. The van der Waals surface area contributed by atoms with Crippen LogP contribution in [0.15, 0.2) is 78.0 Å². The molecule has 0 atom stereocenters. The van der Waals surface area contributed by atoms with Crippen LogP contribution in [0.1, 0.15) is 5.56 Å². The van der Waals surface area contributed by atoms with Crippen molar-refractivity contribution in [1.82, 2.24) is 9.97 Å². The van der Waals surface area contributed by atoms with Crippen LogP contribution in [0.5, 0.6) is 23.0 Å². The van der Waals surface area contributed by atoms with E-state index in [9.17, 15) is 5.26 Å². The van der Waals surface area contributed by atoms with E-state index in [0.717, 1.165) is 17.0 Å². The molecule has 34 heavy (non-hydrogen) atoms. The van der Waals surface area contributed by atoms with Crippen molar-refractivity contribution in [2.24, 2.45) is 0 Å². The van der Waals surface area contributed by atoms with E-state index in [0.29, 0.717) is 39.5 Å². The van der Waals surface area contributed by atoms with E-state index >= 15 is 0 Å². The van der Waals surface area contributed by atoms with E-state index in [2.05, 4.69) is 21.4 Å². The molecule has 0 aliphatic heterocycles. The lowest BCUT2D eigenvalue weighted by molar-refractivity contribution is 0.355. The summed E-state index contributed by atoms with van der Waals surface area (Å²) in [5, 5.41) is 13.8. The van der Waals surface area contributed by atoms with Crippen LogP contribution in [0, 0.1) is 11.3 Å². The molecule has 0 aliphatic carbocycles. The Morgan fingerprint density at radius 3 is 2.21 bits per heavy atom. The molecule has 0 aliphatic rings. The average molecular weight is 471 g/mol. The molecule has 1 aromatic heterocycles. The van der Waals surface area contributed by atoms with Gasteiger partial charge in [0.1, 0.15) is 23.1 Å². The van der Waals surface area contributed by atoms with Crippen molar-refractivity contribution in [3.8, 4) is 40.3 Å². The van der Waals surface area contributed by atoms with Crippen LogP contribution in [0.25, 0.3) is 11.3 Å². The fraction of sp³-hybridized carbons (Fsp3) is 0.115. The Bertz CT molecular complexity index is 1320. The van der Waals surface area contributed by atoms with Gasteiger partial charge in [0.25, 0.3) is 0 Å². The maximum atomic E-state index is 9.98. The second kappa shape index (κ2) is 10.6. The lowest BCUT2D eigenvalue weighted by Gasteiger charge is -2.14. The van der Waals surface area contributed by atoms with Crippen LogP contribution in [-0.4, -0.2) is 30.4 Å². The normalized spacial score (nSPS) is 10.3. The van der Waals surface area contributed by atoms with Gasteiger partial charge in [-0.2, -0.15) is 5.26 Å². The van der Waals surface area contributed by atoms with Crippen molar-refractivity contribution in [3.05, 3.63) is 78.4 Å². The van der Waals surface area contributed by atoms with Gasteiger partial charge in [-0.05, 0) is 60.9 Å². The molecule has 0 fully saturated rings. The second-order valence-electron chi connectivity index (χ2n) is 7.03. The molecular formula is C26H22N4O3S. The van der Waals surface area contributed by atoms with Gasteiger partial charge in [-0.15, -0.1) is 0 Å². The predicted molar refractivity (Wildman–Crippen MR) is 133 cm³/mol. The Hall–Kier alpha value is -4.22. The fourth-order valence-corrected chi connectivity index (χ4v) is 3.65. The first-order valence-electron chi connectivity index (χ1n) is 10.3. The lowest BCUT2D eigenvalue weighted by Crippen LogP contribution is -2.03. The van der Waals surface area contributed by atoms with Gasteiger partial charge in [0.15, 0.2) is 22.5 Å². The number of anilines is 2. The SMILES string of the molecule is COc1ccc(-c2nc(SC)nc(Nc3ccc(Oc4ccccc4)cc3)c2C#N)cc1OC. The number of rotatable bonds is 8. The lowest BCUT2D eigenvalue weighted by atomic mass is 10.1. The smallest absolute Gasteiger partial charge is 0.189 e. The highest BCUT2D eigenvalue weighted by molar-refractivity contribution is 7.98. The molecule has 3 aromatic carbocycles. The molecule has 170 valence electrons. The van der Waals surface area contributed by atoms with Gasteiger partial charge in [0.05, 0.1) is 19.9 Å². The summed E-state index contributed by atoms with van der Waals surface area (Å²) >= 11 is 1.40. The summed E-state index contributed by atoms with van der Waals surface area (Å²) in [6.07, 6.45) is 1.89. The maximum Gasteiger partial charge on any atom is 0.189 e. The van der Waals surface area contributed by atoms with Gasteiger partial charge in [-0.3, -0.25) is 0 Å². The van der Waals surface area contributed by atoms with Crippen LogP contribution in [0.4, 0.5) is 11.5 Å². The number of ether oxygens (including phenoxy) is 3. The molecule has 0 saturated carbocycles. The number of benzene rings is 3. The summed E-state index contributed by atoms with van der Waals surface area (Å²) in [4.78, 5) is 9.14. The number of nitrogens with zero attached hydrogens (tertiary/aromatic N) is 3. The monoisotopic (exact) mass is 470 g/mol. The number of para-hydroxylation sites is 1. The molecule has 0 spiro atoms. The highest BCUT2D eigenvalue weighted by Gasteiger charge is 2.18. The average Bonchev–Trinajstić information content (AvgIpc) is 2.89. The van der Waals surface area contributed by atoms with E-state index < -0.39 is 0 Å². The zero-order valence-corrected chi connectivity index (χ0v) is 19.7. The molecule has 0 saturated heterocycles. The van der Waals surface area contributed by atoms with Crippen molar-refractivity contribution >= 4 is 23.3 Å². The van der Waals surface area contributed by atoms with Crippen molar-refractivity contribution in [1.29, 1.82) is 5.26 Å². The first kappa shape index (κ1) is 23.0. The van der Waals surface area contributed by atoms with Gasteiger partial charge in [-0.1, -0.05) is 30.0 Å². The topological polar surface area (TPSA) is 89.3 Å². The summed E-state index contributed by atoms with van der Waals surface area (Å²) in [5.74, 6) is 3.03. The van der Waals surface area contributed by atoms with Crippen molar-refractivity contribution in [3.63, 3.8) is 0 Å². The van der Waals surface area contributed by atoms with E-state index in [4.69, 9.17) is 14.2 Å². The fourth-order valence-electron chi connectivity index (χ4n) is 3.29. The summed E-state index contributed by atoms with van der Waals surface area (Å²) in [6.45, 7) is 0. The van der Waals surface area contributed by atoms with Gasteiger partial charge in [0.2, 0.25) is 0 Å². The number of hydrogen-bond donors (Lipinski definition) is 1. The van der Waals surface area contributed by atoms with E-state index in [1.165, 1.54) is 11.8 Å². The number of hydrogen-bond acceptors (Lipinski definition) is 8. The third-order valence-corrected chi connectivity index (χ3v) is 5.48. The first-order valence-corrected chi connectivity index (χ1v) is 11.6. The van der Waals surface area contributed by atoms with Crippen molar-refractivity contribution in [2.75, 3.05) is 25.8 Å². The number of methoxy groups -OCH3 is 2. The second-order valence-corrected chi connectivity index (χ2v) is 7.80. The Kier molecular flexibility index (Phi) is 7.16. The molecule has 4 aromatic rings. The quantitative estimate of drug-likeness (QED) is 0.237. The molecule has 1 heterocycles. The number of nitrogens with one attached hydrogen (secondary N) is 1. The van der Waals surface area contributed by atoms with E-state index in [1.54, 1.807) is 26.4 Å². The summed E-state index contributed by atoms with van der Waals surface area (Å²) in [6, 6.07) is 24.7. The zero-order valence-electron chi connectivity index (χ0n) is 18.9. The molecule has 4 rings (SSSR count). The Morgan fingerprint density at radius 1 is 0.853 bits per heavy atom. The van der Waals surface area contributed by atoms with Gasteiger partial charge in [-0.25, -0.2) is 9.97 Å². The standard InChI is InChI=1S/C26H22N4O3S/c1-31-22-14-9-17(15-23(22)32-2)24-21(16-27)25(30-26(29-24)34-3)28-18-10-12-20(13-11-18)33-19-7-5-4-6-8-19/h4-15H,1-3H3,(H,28,29,30). The van der Waals surface area contributed by atoms with Crippen LogP contribution in [-0.2, 0) is 0 Å². The molecule has 0 amide bonds. The van der Waals surface area contributed by atoms with Crippen molar-refractivity contribution in [2.45, 2.75) is 5.16 Å². The van der Waals surface area contributed by atoms with Crippen LogP contribution in [0.2, 0.25) is 0 Å². The Labute approximate surface area is 202 Å². The minimum atomic E-state index is 0.328. The number of aromatic nitrogens is 2. The van der Waals surface area contributed by atoms with Crippen LogP contribution in [0.3, 0.4) is 0 Å². The van der Waals surface area contributed by atoms with Gasteiger partial charge < -0.3 is 19.5 Å². The molecule has 0 radical (unpaired) electrons.